The zero-order valence-corrected chi connectivity index (χ0v) is 13.7. The van der Waals surface area contributed by atoms with Crippen LogP contribution < -0.4 is 5.32 Å². The largest absolute Gasteiger partial charge is 0.464 e. The molecule has 0 saturated carbocycles. The Morgan fingerprint density at radius 2 is 1.96 bits per heavy atom. The van der Waals surface area contributed by atoms with E-state index in [1.807, 2.05) is 18.2 Å². The third kappa shape index (κ3) is 7.51. The fourth-order valence-electron chi connectivity index (χ4n) is 1.71. The number of carbonyl (C=O) groups is 3. The third-order valence-electron chi connectivity index (χ3n) is 2.83. The fraction of sp³-hybridized carbons (Fsp3) is 0.400. The van der Waals surface area contributed by atoms with Crippen molar-refractivity contribution >= 4 is 25.9 Å². The van der Waals surface area contributed by atoms with Crippen molar-refractivity contribution in [3.05, 3.63) is 35.9 Å². The highest BCUT2D eigenvalue weighted by Gasteiger charge is 2.27. The van der Waals surface area contributed by atoms with Gasteiger partial charge in [0.15, 0.2) is 6.16 Å². The van der Waals surface area contributed by atoms with Crippen LogP contribution in [0.2, 0.25) is 0 Å². The first-order valence-electron chi connectivity index (χ1n) is 7.09. The van der Waals surface area contributed by atoms with E-state index in [0.29, 0.717) is 6.03 Å². The Bertz CT molecular complexity index is 548. The number of carbonyl (C=O) groups excluding carboxylic acids is 3. The molecule has 0 aliphatic carbocycles. The van der Waals surface area contributed by atoms with Gasteiger partial charge in [0.2, 0.25) is 0 Å². The number of alkyl carbamates (subject to hydrolysis) is 1. The zero-order chi connectivity index (χ0) is 17.1. The monoisotopic (exact) mass is 340 g/mol. The molecule has 8 heteroatoms. The number of nitrogens with one attached hydrogen (secondary N) is 1. The molecule has 2 atom stereocenters. The molecule has 0 spiro atoms. The van der Waals surface area contributed by atoms with Crippen LogP contribution in [0.1, 0.15) is 18.9 Å². The average molecular weight is 340 g/mol. The minimum absolute atomic E-state index is 0.0126. The number of hydrogen-bond acceptors (Lipinski definition) is 6. The van der Waals surface area contributed by atoms with Crippen molar-refractivity contribution in [1.82, 2.24) is 5.32 Å². The Morgan fingerprint density at radius 1 is 1.26 bits per heavy atom. The minimum atomic E-state index is -2.04. The smallest absolute Gasteiger partial charge is 0.411 e. The van der Waals surface area contributed by atoms with Gasteiger partial charge >= 0.3 is 25.9 Å². The van der Waals surface area contributed by atoms with E-state index in [2.05, 4.69) is 5.32 Å². The van der Waals surface area contributed by atoms with Crippen molar-refractivity contribution in [2.45, 2.75) is 26.0 Å². The number of rotatable bonds is 9. The first kappa shape index (κ1) is 18.8. The summed E-state index contributed by atoms with van der Waals surface area (Å²) >= 11 is 0. The van der Waals surface area contributed by atoms with Crippen molar-refractivity contribution in [2.75, 3.05) is 12.8 Å². The maximum Gasteiger partial charge on any atom is 0.411 e. The summed E-state index contributed by atoms with van der Waals surface area (Å²) in [4.78, 5) is 33.9. The van der Waals surface area contributed by atoms with E-state index in [4.69, 9.17) is 9.47 Å². The fourth-order valence-corrected chi connectivity index (χ4v) is 2.33. The molecular weight excluding hydrogens is 321 g/mol. The number of esters is 1. The van der Waals surface area contributed by atoms with Gasteiger partial charge in [-0.15, -0.1) is 0 Å². The highest BCUT2D eigenvalue weighted by atomic mass is 31.1. The molecule has 1 N–H and O–H groups in total. The Labute approximate surface area is 135 Å². The molecular formula is C15H19NO6P+. The maximum atomic E-state index is 11.8. The Kier molecular flexibility index (Phi) is 8.54. The summed E-state index contributed by atoms with van der Waals surface area (Å²) in [5, 5.41) is 2.37. The van der Waals surface area contributed by atoms with Crippen LogP contribution in [0, 0.1) is 0 Å². The molecule has 0 saturated heterocycles. The van der Waals surface area contributed by atoms with Crippen molar-refractivity contribution in [2.24, 2.45) is 0 Å². The molecule has 23 heavy (non-hydrogen) atoms. The predicted octanol–water partition coefficient (Wildman–Crippen LogP) is 2.25. The molecule has 1 rings (SSSR count). The van der Waals surface area contributed by atoms with E-state index in [9.17, 15) is 18.9 Å². The van der Waals surface area contributed by atoms with Crippen LogP contribution in [0.5, 0.6) is 0 Å². The third-order valence-corrected chi connectivity index (χ3v) is 3.77. The van der Waals surface area contributed by atoms with Crippen molar-refractivity contribution in [3.8, 4) is 0 Å². The van der Waals surface area contributed by atoms with Crippen molar-refractivity contribution in [3.63, 3.8) is 0 Å². The van der Waals surface area contributed by atoms with E-state index < -0.39 is 25.9 Å². The molecule has 1 aromatic carbocycles. The Morgan fingerprint density at radius 3 is 2.57 bits per heavy atom. The Balaban J connectivity index is 2.53. The van der Waals surface area contributed by atoms with Gasteiger partial charge in [0.1, 0.15) is 12.6 Å². The summed E-state index contributed by atoms with van der Waals surface area (Å²) in [7, 11) is -2.04. The second-order valence-electron chi connectivity index (χ2n) is 4.55. The van der Waals surface area contributed by atoms with E-state index in [1.54, 1.807) is 19.1 Å². The summed E-state index contributed by atoms with van der Waals surface area (Å²) in [6.07, 6.45) is -0.762. The quantitative estimate of drug-likeness (QED) is 0.420. The second-order valence-corrected chi connectivity index (χ2v) is 6.04. The van der Waals surface area contributed by atoms with Gasteiger partial charge in [0, 0.05) is 6.42 Å². The maximum absolute atomic E-state index is 11.8. The summed E-state index contributed by atoms with van der Waals surface area (Å²) in [6.45, 7) is 1.84. The summed E-state index contributed by atoms with van der Waals surface area (Å²) in [5.41, 5.74) is 0.805. The molecule has 124 valence electrons. The minimum Gasteiger partial charge on any atom is -0.464 e. The lowest BCUT2D eigenvalue weighted by Gasteiger charge is -2.15. The predicted molar refractivity (Wildman–Crippen MR) is 84.0 cm³/mol. The topological polar surface area (TPSA) is 98.8 Å². The number of ether oxygens (including phenoxy) is 2. The molecule has 0 bridgehead atoms. The van der Waals surface area contributed by atoms with Gasteiger partial charge in [-0.05, 0) is 12.5 Å². The molecule has 0 heterocycles. The first-order valence-corrected chi connectivity index (χ1v) is 8.61. The van der Waals surface area contributed by atoms with Gasteiger partial charge in [0.05, 0.1) is 6.61 Å². The summed E-state index contributed by atoms with van der Waals surface area (Å²) in [5.74, 6) is -0.654. The SMILES string of the molecule is CCOC(=O)C(CC[P+](=O)C=O)NC(=O)OCc1ccccc1. The highest BCUT2D eigenvalue weighted by Crippen LogP contribution is 2.17. The van der Waals surface area contributed by atoms with Crippen molar-refractivity contribution in [1.29, 1.82) is 0 Å². The number of amides is 1. The van der Waals surface area contributed by atoms with Crippen LogP contribution in [0.15, 0.2) is 30.3 Å². The van der Waals surface area contributed by atoms with Gasteiger partial charge in [-0.1, -0.05) is 34.9 Å². The standard InChI is InChI=1S/C15H18NO6P/c1-2-21-14(18)13(8-9-23(20)11-17)16-15(19)22-10-12-6-4-3-5-7-12/h3-7,11,13H,2,8-10H2,1H3/p+1. The molecule has 0 aliphatic rings. The molecule has 0 aliphatic heterocycles. The van der Waals surface area contributed by atoms with Gasteiger partial charge in [-0.2, -0.15) is 0 Å². The van der Waals surface area contributed by atoms with Crippen LogP contribution in [0.3, 0.4) is 0 Å². The van der Waals surface area contributed by atoms with Crippen LogP contribution in [0.25, 0.3) is 0 Å². The average Bonchev–Trinajstić information content (AvgIpc) is 2.57. The van der Waals surface area contributed by atoms with E-state index in [0.717, 1.165) is 5.56 Å². The molecule has 1 amide bonds. The normalized spacial score (nSPS) is 12.0. The Hall–Kier alpha value is -2.27. The lowest BCUT2D eigenvalue weighted by atomic mass is 10.2. The second kappa shape index (κ2) is 10.5. The number of hydrogen-bond donors (Lipinski definition) is 1. The lowest BCUT2D eigenvalue weighted by Crippen LogP contribution is -2.42. The van der Waals surface area contributed by atoms with Crippen LogP contribution in [-0.2, 0) is 30.2 Å². The van der Waals surface area contributed by atoms with Gasteiger partial charge in [0.25, 0.3) is 0 Å². The van der Waals surface area contributed by atoms with Crippen LogP contribution in [-0.4, -0.2) is 36.9 Å². The molecule has 0 aromatic heterocycles. The molecule has 0 radical (unpaired) electrons. The van der Waals surface area contributed by atoms with Gasteiger partial charge < -0.3 is 14.8 Å². The molecule has 0 fully saturated rings. The van der Waals surface area contributed by atoms with Crippen LogP contribution >= 0.6 is 7.80 Å². The highest BCUT2D eigenvalue weighted by molar-refractivity contribution is 7.60. The summed E-state index contributed by atoms with van der Waals surface area (Å²) in [6, 6.07) is 8.38. The molecule has 7 nitrogen and oxygen atoms in total. The first-order chi connectivity index (χ1) is 11.1. The summed E-state index contributed by atoms with van der Waals surface area (Å²) < 4.78 is 21.0. The zero-order valence-electron chi connectivity index (χ0n) is 12.8. The van der Waals surface area contributed by atoms with E-state index in [1.165, 1.54) is 0 Å². The van der Waals surface area contributed by atoms with Gasteiger partial charge in [-0.25, -0.2) is 14.4 Å². The van der Waals surface area contributed by atoms with Gasteiger partial charge in [-0.3, -0.25) is 0 Å². The van der Waals surface area contributed by atoms with Crippen molar-refractivity contribution < 1.29 is 28.4 Å². The number of benzene rings is 1. The van der Waals surface area contributed by atoms with E-state index >= 15 is 0 Å². The lowest BCUT2D eigenvalue weighted by molar-refractivity contribution is -0.145. The molecule has 1 aromatic rings. The van der Waals surface area contributed by atoms with Crippen LogP contribution in [0.4, 0.5) is 4.79 Å². The van der Waals surface area contributed by atoms with E-state index in [-0.39, 0.29) is 25.8 Å². The molecule has 2 unspecified atom stereocenters.